The van der Waals surface area contributed by atoms with Crippen molar-refractivity contribution in [2.24, 2.45) is 0 Å². The largest absolute Gasteiger partial charge is 0.416 e. The smallest absolute Gasteiger partial charge is 0.368 e. The van der Waals surface area contributed by atoms with E-state index in [0.717, 1.165) is 0 Å². The topological polar surface area (TPSA) is 42.4 Å². The fourth-order valence-electron chi connectivity index (χ4n) is 5.41. The maximum Gasteiger partial charge on any atom is 0.416 e. The van der Waals surface area contributed by atoms with Crippen LogP contribution in [0.2, 0.25) is 0 Å². The summed E-state index contributed by atoms with van der Waals surface area (Å²) in [4.78, 5) is 18.2. The maximum absolute atomic E-state index is 13.8. The van der Waals surface area contributed by atoms with E-state index in [9.17, 15) is 39.9 Å². The van der Waals surface area contributed by atoms with E-state index in [4.69, 9.17) is 4.74 Å². The number of fused-ring (bicyclic) bond motifs is 1. The lowest BCUT2D eigenvalue weighted by Gasteiger charge is -2.31. The van der Waals surface area contributed by atoms with Gasteiger partial charge in [0.2, 0.25) is 11.9 Å². The lowest BCUT2D eigenvalue weighted by molar-refractivity contribution is -0.143. The Balaban J connectivity index is 1.53. The van der Waals surface area contributed by atoms with Gasteiger partial charge in [0.1, 0.15) is 5.82 Å². The van der Waals surface area contributed by atoms with E-state index in [1.54, 1.807) is 12.1 Å². The van der Waals surface area contributed by atoms with Gasteiger partial charge in [0, 0.05) is 24.7 Å². The van der Waals surface area contributed by atoms with Crippen molar-refractivity contribution in [3.8, 4) is 0 Å². The Morgan fingerprint density at radius 3 is 2.15 bits per heavy atom. The minimum atomic E-state index is -5.03. The van der Waals surface area contributed by atoms with Gasteiger partial charge in [-0.05, 0) is 65.6 Å². The Labute approximate surface area is 229 Å². The molecule has 2 aromatic carbocycles. The number of nitrogens with zero attached hydrogens (tertiary/aromatic N) is 2. The number of benzene rings is 2. The van der Waals surface area contributed by atoms with E-state index in [0.29, 0.717) is 28.8 Å². The molecule has 12 heteroatoms. The molecule has 3 aromatic rings. The van der Waals surface area contributed by atoms with Gasteiger partial charge < -0.3 is 9.64 Å². The van der Waals surface area contributed by atoms with Crippen LogP contribution in [-0.4, -0.2) is 34.5 Å². The first-order valence-electron chi connectivity index (χ1n) is 12.5. The second kappa shape index (κ2) is 10.6. The van der Waals surface area contributed by atoms with Crippen molar-refractivity contribution in [3.63, 3.8) is 0 Å². The molecule has 1 fully saturated rings. The highest BCUT2D eigenvalue weighted by Crippen LogP contribution is 2.44. The highest BCUT2D eigenvalue weighted by molar-refractivity contribution is 5.92. The summed E-state index contributed by atoms with van der Waals surface area (Å²) in [6.45, 7) is 1.31. The molecule has 216 valence electrons. The van der Waals surface area contributed by atoms with Crippen LogP contribution in [0, 0.1) is 11.8 Å². The standard InChI is InChI=1S/C29H22F8N2O2/c1-15(18-8-20(28(32,33)34)13-21(9-18)29(35,36)37)41-24-14-39-23(27(24)16-2-4-22(30)5-3-16)10-19(12-26(39)40)17-6-7-38-25(31)11-17/h2-11,13,15,23-24,27H,12,14H2,1H3/t15-,23?,24?,27+/m1/s1. The van der Waals surface area contributed by atoms with Gasteiger partial charge in [-0.3, -0.25) is 4.79 Å². The van der Waals surface area contributed by atoms with E-state index < -0.39 is 59.4 Å². The van der Waals surface area contributed by atoms with Crippen molar-refractivity contribution in [2.75, 3.05) is 6.54 Å². The van der Waals surface area contributed by atoms with Crippen molar-refractivity contribution in [3.05, 3.63) is 106 Å². The van der Waals surface area contributed by atoms with E-state index in [1.807, 2.05) is 0 Å². The Hall–Kier alpha value is -3.80. The lowest BCUT2D eigenvalue weighted by Crippen LogP contribution is -2.39. The average Bonchev–Trinajstić information content (AvgIpc) is 3.26. The SMILES string of the molecule is C[C@@H](OC1CN2C(=O)CC(c3ccnc(F)c3)=CC2[C@@H]1c1ccc(F)cc1)c1cc(C(F)(F)F)cc(C(F)(F)F)c1. The Bertz CT molecular complexity index is 1450. The monoisotopic (exact) mass is 582 g/mol. The Morgan fingerprint density at radius 2 is 1.56 bits per heavy atom. The molecule has 0 saturated carbocycles. The molecule has 2 aliphatic rings. The first-order valence-corrected chi connectivity index (χ1v) is 12.5. The molecule has 1 amide bonds. The highest BCUT2D eigenvalue weighted by atomic mass is 19.4. The number of ether oxygens (including phenoxy) is 1. The van der Waals surface area contributed by atoms with E-state index >= 15 is 0 Å². The lowest BCUT2D eigenvalue weighted by atomic mass is 9.86. The number of alkyl halides is 6. The summed E-state index contributed by atoms with van der Waals surface area (Å²) in [6.07, 6.45) is -9.23. The second-order valence-electron chi connectivity index (χ2n) is 10.0. The number of carbonyl (C=O) groups excluding carboxylic acids is 1. The molecule has 2 unspecified atom stereocenters. The molecule has 41 heavy (non-hydrogen) atoms. The molecule has 1 saturated heterocycles. The van der Waals surface area contributed by atoms with Crippen LogP contribution in [0.1, 0.15) is 53.2 Å². The van der Waals surface area contributed by atoms with Crippen LogP contribution in [-0.2, 0) is 21.9 Å². The summed E-state index contributed by atoms with van der Waals surface area (Å²) in [5.41, 5.74) is -1.78. The van der Waals surface area contributed by atoms with Crippen molar-refractivity contribution in [1.29, 1.82) is 0 Å². The summed E-state index contributed by atoms with van der Waals surface area (Å²) >= 11 is 0. The number of pyridine rings is 1. The Kier molecular flexibility index (Phi) is 7.39. The van der Waals surface area contributed by atoms with Crippen molar-refractivity contribution >= 4 is 11.5 Å². The molecule has 2 aliphatic heterocycles. The molecule has 0 aliphatic carbocycles. The average molecular weight is 582 g/mol. The van der Waals surface area contributed by atoms with E-state index in [1.165, 1.54) is 48.4 Å². The number of carbonyl (C=O) groups is 1. The van der Waals surface area contributed by atoms with Crippen molar-refractivity contribution in [2.45, 2.75) is 49.9 Å². The summed E-state index contributed by atoms with van der Waals surface area (Å²) in [5.74, 6) is -2.25. The number of aromatic nitrogens is 1. The number of hydrogen-bond donors (Lipinski definition) is 0. The van der Waals surface area contributed by atoms with E-state index in [-0.39, 0.29) is 30.5 Å². The molecule has 4 atom stereocenters. The third kappa shape index (κ3) is 5.97. The summed E-state index contributed by atoms with van der Waals surface area (Å²) < 4.78 is 114. The molecular weight excluding hydrogens is 560 g/mol. The normalized spacial score (nSPS) is 22.0. The summed E-state index contributed by atoms with van der Waals surface area (Å²) in [5, 5.41) is 0. The quantitative estimate of drug-likeness (QED) is 0.234. The van der Waals surface area contributed by atoms with Crippen LogP contribution in [0.4, 0.5) is 35.1 Å². The number of amides is 1. The predicted octanol–water partition coefficient (Wildman–Crippen LogP) is 7.33. The first kappa shape index (κ1) is 28.7. The van der Waals surface area contributed by atoms with Gasteiger partial charge in [0.05, 0.1) is 35.8 Å². The van der Waals surface area contributed by atoms with Crippen molar-refractivity contribution in [1.82, 2.24) is 9.88 Å². The summed E-state index contributed by atoms with van der Waals surface area (Å²) in [7, 11) is 0. The van der Waals surface area contributed by atoms with Crippen LogP contribution in [0.15, 0.2) is 66.9 Å². The number of hydrogen-bond acceptors (Lipinski definition) is 3. The van der Waals surface area contributed by atoms with Gasteiger partial charge in [0.25, 0.3) is 0 Å². The minimum Gasteiger partial charge on any atom is -0.368 e. The minimum absolute atomic E-state index is 0.0184. The Morgan fingerprint density at radius 1 is 0.927 bits per heavy atom. The zero-order valence-electron chi connectivity index (χ0n) is 21.3. The fourth-order valence-corrected chi connectivity index (χ4v) is 5.41. The van der Waals surface area contributed by atoms with Gasteiger partial charge >= 0.3 is 12.4 Å². The molecule has 5 rings (SSSR count). The van der Waals surface area contributed by atoms with Crippen LogP contribution in [0.5, 0.6) is 0 Å². The van der Waals surface area contributed by atoms with Gasteiger partial charge in [-0.1, -0.05) is 18.2 Å². The maximum atomic E-state index is 13.8. The zero-order valence-corrected chi connectivity index (χ0v) is 21.3. The predicted molar refractivity (Wildman–Crippen MR) is 131 cm³/mol. The second-order valence-corrected chi connectivity index (χ2v) is 10.0. The first-order chi connectivity index (χ1) is 19.2. The summed E-state index contributed by atoms with van der Waals surface area (Å²) in [6, 6.07) is 8.69. The molecule has 3 heterocycles. The molecule has 4 nitrogen and oxygen atoms in total. The molecule has 0 radical (unpaired) electrons. The fraction of sp³-hybridized carbons (Fsp3) is 0.310. The van der Waals surface area contributed by atoms with Crippen molar-refractivity contribution < 1.29 is 44.7 Å². The third-order valence-corrected chi connectivity index (χ3v) is 7.35. The third-order valence-electron chi connectivity index (χ3n) is 7.35. The molecular formula is C29H22F8N2O2. The van der Waals surface area contributed by atoms with Crippen LogP contribution in [0.25, 0.3) is 5.57 Å². The van der Waals surface area contributed by atoms with Crippen LogP contribution >= 0.6 is 0 Å². The van der Waals surface area contributed by atoms with Crippen LogP contribution < -0.4 is 0 Å². The van der Waals surface area contributed by atoms with Crippen LogP contribution in [0.3, 0.4) is 0 Å². The number of rotatable bonds is 5. The molecule has 0 spiro atoms. The van der Waals surface area contributed by atoms with Gasteiger partial charge in [-0.15, -0.1) is 0 Å². The molecule has 0 N–H and O–H groups in total. The number of halogens is 8. The molecule has 0 bridgehead atoms. The van der Waals surface area contributed by atoms with Gasteiger partial charge in [-0.25, -0.2) is 9.37 Å². The zero-order chi connectivity index (χ0) is 29.7. The van der Waals surface area contributed by atoms with E-state index in [2.05, 4.69) is 4.98 Å². The van der Waals surface area contributed by atoms with Gasteiger partial charge in [-0.2, -0.15) is 30.7 Å². The van der Waals surface area contributed by atoms with Gasteiger partial charge in [0.15, 0.2) is 0 Å². The molecule has 1 aromatic heterocycles. The highest BCUT2D eigenvalue weighted by Gasteiger charge is 2.47.